The van der Waals surface area contributed by atoms with Gasteiger partial charge >= 0.3 is 0 Å². The summed E-state index contributed by atoms with van der Waals surface area (Å²) in [5, 5.41) is 0. The number of aromatic nitrogens is 1. The lowest BCUT2D eigenvalue weighted by Gasteiger charge is -2.35. The Morgan fingerprint density at radius 1 is 1.00 bits per heavy atom. The second-order valence-corrected chi connectivity index (χ2v) is 9.79. The van der Waals surface area contributed by atoms with Crippen LogP contribution in [0.5, 0.6) is 0 Å². The number of rotatable bonds is 2. The van der Waals surface area contributed by atoms with Gasteiger partial charge in [-0.15, -0.1) is 0 Å². The average molecular weight is 417 g/mol. The smallest absolute Gasteiger partial charge is 0.295 e. The van der Waals surface area contributed by atoms with Crippen LogP contribution in [0, 0.1) is 5.92 Å². The Hall–Kier alpha value is -2.95. The van der Waals surface area contributed by atoms with Gasteiger partial charge in [-0.1, -0.05) is 57.5 Å². The molecule has 0 N–H and O–H groups in total. The molecule has 0 radical (unpaired) electrons. The van der Waals surface area contributed by atoms with Gasteiger partial charge in [-0.25, -0.2) is 4.98 Å². The van der Waals surface area contributed by atoms with Gasteiger partial charge < -0.3 is 4.74 Å². The summed E-state index contributed by atoms with van der Waals surface area (Å²) in [5.41, 5.74) is 2.64. The Kier molecular flexibility index (Phi) is 4.72. The fourth-order valence-corrected chi connectivity index (χ4v) is 5.06. The third-order valence-electron chi connectivity index (χ3n) is 6.75. The lowest BCUT2D eigenvalue weighted by Crippen LogP contribution is -2.39. The molecule has 0 saturated heterocycles. The van der Waals surface area contributed by atoms with Gasteiger partial charge in [-0.3, -0.25) is 14.5 Å². The highest BCUT2D eigenvalue weighted by atomic mass is 16.5. The Morgan fingerprint density at radius 3 is 2.42 bits per heavy atom. The Labute approximate surface area is 183 Å². The van der Waals surface area contributed by atoms with Crippen molar-refractivity contribution in [3.63, 3.8) is 0 Å². The van der Waals surface area contributed by atoms with E-state index in [-0.39, 0.29) is 34.9 Å². The predicted octanol–water partition coefficient (Wildman–Crippen LogP) is 4.88. The van der Waals surface area contributed by atoms with E-state index in [0.29, 0.717) is 11.4 Å². The summed E-state index contributed by atoms with van der Waals surface area (Å²) in [7, 11) is 0. The normalized spacial score (nSPS) is 25.9. The van der Waals surface area contributed by atoms with Crippen LogP contribution in [-0.4, -0.2) is 22.8 Å². The van der Waals surface area contributed by atoms with Crippen molar-refractivity contribution in [2.45, 2.75) is 64.0 Å². The molecule has 5 nitrogen and oxygen atoms in total. The Morgan fingerprint density at radius 2 is 1.74 bits per heavy atom. The van der Waals surface area contributed by atoms with E-state index in [2.05, 4.69) is 37.9 Å². The molecule has 1 amide bonds. The van der Waals surface area contributed by atoms with E-state index in [1.165, 1.54) is 5.56 Å². The molecule has 31 heavy (non-hydrogen) atoms. The third-order valence-corrected chi connectivity index (χ3v) is 6.75. The number of pyridine rings is 1. The number of fused-ring (bicyclic) bond motifs is 1. The first-order chi connectivity index (χ1) is 14.9. The van der Waals surface area contributed by atoms with Gasteiger partial charge in [-0.2, -0.15) is 0 Å². The van der Waals surface area contributed by atoms with Gasteiger partial charge in [0.15, 0.2) is 11.5 Å². The Bertz CT molecular complexity index is 1050. The second kappa shape index (κ2) is 7.33. The number of hydrogen-bond donors (Lipinski definition) is 0. The van der Waals surface area contributed by atoms with Crippen LogP contribution >= 0.6 is 0 Å². The van der Waals surface area contributed by atoms with Crippen molar-refractivity contribution in [3.8, 4) is 0 Å². The van der Waals surface area contributed by atoms with Gasteiger partial charge in [-0.05, 0) is 47.9 Å². The minimum Gasteiger partial charge on any atom is -0.483 e. The van der Waals surface area contributed by atoms with Crippen LogP contribution in [0.4, 0.5) is 5.82 Å². The number of benzene rings is 1. The number of ketones is 1. The summed E-state index contributed by atoms with van der Waals surface area (Å²) in [6.07, 6.45) is 5.20. The predicted molar refractivity (Wildman–Crippen MR) is 118 cm³/mol. The van der Waals surface area contributed by atoms with Crippen LogP contribution in [0.3, 0.4) is 0 Å². The SMILES string of the molecule is CC(C)(C)c1ccc(C2C3=C(OC4CCCCC4C3=O)C(=O)N2c2ccccn2)cc1. The number of ether oxygens (including phenoxy) is 1. The zero-order chi connectivity index (χ0) is 21.8. The second-order valence-electron chi connectivity index (χ2n) is 9.79. The molecule has 3 heterocycles. The van der Waals surface area contributed by atoms with Crippen molar-refractivity contribution < 1.29 is 14.3 Å². The molecule has 3 atom stereocenters. The van der Waals surface area contributed by atoms with E-state index < -0.39 is 6.04 Å². The molecule has 5 rings (SSSR count). The summed E-state index contributed by atoms with van der Waals surface area (Å²) in [6, 6.07) is 13.2. The molecule has 3 unspecified atom stereocenters. The fourth-order valence-electron chi connectivity index (χ4n) is 5.06. The number of Topliss-reactive ketones (excluding diaryl/α,β-unsaturated/α-hetero) is 1. The molecule has 2 aromatic rings. The summed E-state index contributed by atoms with van der Waals surface area (Å²) >= 11 is 0. The maximum absolute atomic E-state index is 13.6. The summed E-state index contributed by atoms with van der Waals surface area (Å²) in [5.74, 6) is 0.411. The molecule has 1 aromatic carbocycles. The Balaban J connectivity index is 1.63. The van der Waals surface area contributed by atoms with Crippen molar-refractivity contribution in [3.05, 3.63) is 71.1 Å². The third kappa shape index (κ3) is 3.27. The van der Waals surface area contributed by atoms with Crippen LogP contribution < -0.4 is 4.90 Å². The molecule has 0 spiro atoms. The topological polar surface area (TPSA) is 59.5 Å². The highest BCUT2D eigenvalue weighted by molar-refractivity contribution is 6.17. The van der Waals surface area contributed by atoms with Gasteiger partial charge in [0, 0.05) is 6.20 Å². The molecule has 160 valence electrons. The molecule has 1 aliphatic carbocycles. The van der Waals surface area contributed by atoms with Crippen LogP contribution in [0.15, 0.2) is 60.0 Å². The minimum atomic E-state index is -0.512. The number of nitrogens with zero attached hydrogens (tertiary/aromatic N) is 2. The largest absolute Gasteiger partial charge is 0.483 e. The molecule has 3 aliphatic rings. The molecule has 1 saturated carbocycles. The number of carbonyl (C=O) groups excluding carboxylic acids is 2. The summed E-state index contributed by atoms with van der Waals surface area (Å²) in [6.45, 7) is 6.51. The van der Waals surface area contributed by atoms with Crippen molar-refractivity contribution in [1.82, 2.24) is 4.98 Å². The molecule has 1 aromatic heterocycles. The molecule has 2 aliphatic heterocycles. The van der Waals surface area contributed by atoms with Crippen molar-refractivity contribution in [2.24, 2.45) is 5.92 Å². The molecule has 5 heteroatoms. The first-order valence-electron chi connectivity index (χ1n) is 11.2. The number of anilines is 1. The average Bonchev–Trinajstić information content (AvgIpc) is 3.07. The van der Waals surface area contributed by atoms with Crippen LogP contribution in [-0.2, 0) is 19.7 Å². The highest BCUT2D eigenvalue weighted by Crippen LogP contribution is 2.48. The zero-order valence-corrected chi connectivity index (χ0v) is 18.3. The van der Waals surface area contributed by atoms with E-state index in [4.69, 9.17) is 4.74 Å². The van der Waals surface area contributed by atoms with Crippen LogP contribution in [0.25, 0.3) is 0 Å². The first-order valence-corrected chi connectivity index (χ1v) is 11.2. The van der Waals surface area contributed by atoms with Gasteiger partial charge in [0.1, 0.15) is 11.9 Å². The van der Waals surface area contributed by atoms with Crippen molar-refractivity contribution in [1.29, 1.82) is 0 Å². The highest BCUT2D eigenvalue weighted by Gasteiger charge is 2.52. The maximum atomic E-state index is 13.6. The summed E-state index contributed by atoms with van der Waals surface area (Å²) in [4.78, 5) is 33.2. The standard InChI is InChI=1S/C26H28N2O3/c1-26(2,3)17-13-11-16(12-14-17)22-21-23(29)18-8-4-5-9-19(18)31-24(21)25(30)28(22)20-10-6-7-15-27-20/h6-7,10-15,18-19,22H,4-5,8-9H2,1-3H3. The van der Waals surface area contributed by atoms with E-state index in [1.807, 2.05) is 30.3 Å². The monoisotopic (exact) mass is 416 g/mol. The number of carbonyl (C=O) groups is 2. The van der Waals surface area contributed by atoms with Gasteiger partial charge in [0.25, 0.3) is 5.91 Å². The minimum absolute atomic E-state index is 0.0220. The lowest BCUT2D eigenvalue weighted by atomic mass is 9.77. The summed E-state index contributed by atoms with van der Waals surface area (Å²) < 4.78 is 6.22. The lowest BCUT2D eigenvalue weighted by molar-refractivity contribution is -0.131. The van der Waals surface area contributed by atoms with Crippen molar-refractivity contribution in [2.75, 3.05) is 4.90 Å². The maximum Gasteiger partial charge on any atom is 0.295 e. The molecular weight excluding hydrogens is 388 g/mol. The molecule has 1 fully saturated rings. The van der Waals surface area contributed by atoms with E-state index in [9.17, 15) is 9.59 Å². The number of hydrogen-bond acceptors (Lipinski definition) is 4. The zero-order valence-electron chi connectivity index (χ0n) is 18.3. The molecular formula is C26H28N2O3. The molecule has 0 bridgehead atoms. The van der Waals surface area contributed by atoms with Crippen LogP contribution in [0.2, 0.25) is 0 Å². The van der Waals surface area contributed by atoms with E-state index in [1.54, 1.807) is 11.1 Å². The van der Waals surface area contributed by atoms with Gasteiger partial charge in [0.2, 0.25) is 0 Å². The first kappa shape index (κ1) is 20.0. The van der Waals surface area contributed by atoms with Crippen LogP contribution in [0.1, 0.15) is 63.6 Å². The quantitative estimate of drug-likeness (QED) is 0.700. The van der Waals surface area contributed by atoms with Gasteiger partial charge in [0.05, 0.1) is 17.5 Å². The van der Waals surface area contributed by atoms with Crippen molar-refractivity contribution >= 4 is 17.5 Å². The van der Waals surface area contributed by atoms with E-state index >= 15 is 0 Å². The van der Waals surface area contributed by atoms with E-state index in [0.717, 1.165) is 31.2 Å². The number of amides is 1. The fraction of sp³-hybridized carbons (Fsp3) is 0.423.